The molecule has 0 unspecified atom stereocenters. The number of hydrogen-bond acceptors (Lipinski definition) is 4. The van der Waals surface area contributed by atoms with E-state index in [1.807, 2.05) is 0 Å². The highest BCUT2D eigenvalue weighted by Gasteiger charge is 2.50. The molecule has 0 spiro atoms. The molecule has 0 aliphatic carbocycles. The molecule has 1 heterocycles. The summed E-state index contributed by atoms with van der Waals surface area (Å²) < 4.78 is 5.11. The molecule has 6 heteroatoms. The number of rotatable bonds is 1. The molecule has 0 aromatic heterocycles. The Kier molecular flexibility index (Phi) is 3.38. The van der Waals surface area contributed by atoms with E-state index in [9.17, 15) is 14.7 Å². The third-order valence-corrected chi connectivity index (χ3v) is 2.62. The Hall–Kier alpha value is -1.30. The number of ether oxygens (including phenoxy) is 1. The number of aliphatic hydroxyl groups is 1. The van der Waals surface area contributed by atoms with Crippen LogP contribution in [0.15, 0.2) is 0 Å². The lowest BCUT2D eigenvalue weighted by atomic mass is 9.97. The van der Waals surface area contributed by atoms with Crippen LogP contribution >= 0.6 is 0 Å². The average molecular weight is 245 g/mol. The predicted octanol–water partition coefficient (Wildman–Crippen LogP) is 0.831. The van der Waals surface area contributed by atoms with Crippen molar-refractivity contribution in [2.45, 2.75) is 51.4 Å². The summed E-state index contributed by atoms with van der Waals surface area (Å²) in [4.78, 5) is 23.9. The lowest BCUT2D eigenvalue weighted by Crippen LogP contribution is -2.51. The topological polar surface area (TPSA) is 87.1 Å². The Morgan fingerprint density at radius 3 is 2.35 bits per heavy atom. The maximum absolute atomic E-state index is 11.8. The van der Waals surface area contributed by atoms with Crippen LogP contribution in [0, 0.1) is 0 Å². The van der Waals surface area contributed by atoms with Gasteiger partial charge in [0.15, 0.2) is 6.04 Å². The van der Waals surface area contributed by atoms with Crippen molar-refractivity contribution in [1.29, 1.82) is 0 Å². The van der Waals surface area contributed by atoms with Crippen molar-refractivity contribution in [3.8, 4) is 0 Å². The Morgan fingerprint density at radius 1 is 1.41 bits per heavy atom. The van der Waals surface area contributed by atoms with Gasteiger partial charge in [-0.3, -0.25) is 4.90 Å². The molecule has 0 aromatic rings. The third-order valence-electron chi connectivity index (χ3n) is 2.62. The molecule has 0 radical (unpaired) electrons. The molecule has 0 bridgehead atoms. The second-order valence-electron chi connectivity index (χ2n) is 5.52. The number of carbonyl (C=O) groups excluding carboxylic acids is 1. The van der Waals surface area contributed by atoms with Crippen LogP contribution in [0.4, 0.5) is 4.79 Å². The first kappa shape index (κ1) is 13.8. The van der Waals surface area contributed by atoms with Crippen molar-refractivity contribution in [2.75, 3.05) is 6.54 Å². The second-order valence-corrected chi connectivity index (χ2v) is 5.52. The molecule has 1 aliphatic heterocycles. The second kappa shape index (κ2) is 4.18. The number of hydrogen-bond donors (Lipinski definition) is 2. The van der Waals surface area contributed by atoms with Gasteiger partial charge < -0.3 is 14.9 Å². The highest BCUT2D eigenvalue weighted by atomic mass is 16.6. The number of carboxylic acids is 1. The number of nitrogens with zero attached hydrogens (tertiary/aromatic N) is 1. The summed E-state index contributed by atoms with van der Waals surface area (Å²) in [6, 6.07) is -1.25. The highest BCUT2D eigenvalue weighted by Crippen LogP contribution is 2.29. The molecule has 1 saturated heterocycles. The Bertz CT molecular complexity index is 331. The van der Waals surface area contributed by atoms with Gasteiger partial charge in [-0.25, -0.2) is 9.59 Å². The van der Waals surface area contributed by atoms with Crippen LogP contribution in [0.1, 0.15) is 34.1 Å². The van der Waals surface area contributed by atoms with Crippen molar-refractivity contribution in [1.82, 2.24) is 4.90 Å². The van der Waals surface area contributed by atoms with Gasteiger partial charge in [-0.15, -0.1) is 0 Å². The molecule has 2 N–H and O–H groups in total. The van der Waals surface area contributed by atoms with E-state index < -0.39 is 29.3 Å². The van der Waals surface area contributed by atoms with E-state index >= 15 is 0 Å². The van der Waals surface area contributed by atoms with Gasteiger partial charge in [0.05, 0.1) is 5.60 Å². The fourth-order valence-electron chi connectivity index (χ4n) is 1.86. The van der Waals surface area contributed by atoms with Crippen LogP contribution in [-0.4, -0.2) is 51.0 Å². The molecule has 98 valence electrons. The number of carbonyl (C=O) groups is 2. The summed E-state index contributed by atoms with van der Waals surface area (Å²) in [5.74, 6) is -1.22. The molecule has 17 heavy (non-hydrogen) atoms. The largest absolute Gasteiger partial charge is 0.480 e. The van der Waals surface area contributed by atoms with E-state index in [1.54, 1.807) is 20.8 Å². The van der Waals surface area contributed by atoms with E-state index in [0.29, 0.717) is 0 Å². The minimum atomic E-state index is -1.41. The van der Waals surface area contributed by atoms with Crippen LogP contribution in [0.5, 0.6) is 0 Å². The normalized spacial score (nSPS) is 29.2. The van der Waals surface area contributed by atoms with Crippen LogP contribution in [0.3, 0.4) is 0 Å². The summed E-state index contributed by atoms with van der Waals surface area (Å²) in [7, 11) is 0. The maximum atomic E-state index is 11.8. The molecule has 0 aromatic carbocycles. The zero-order valence-electron chi connectivity index (χ0n) is 10.6. The van der Waals surface area contributed by atoms with Gasteiger partial charge >= 0.3 is 12.1 Å². The van der Waals surface area contributed by atoms with Crippen molar-refractivity contribution >= 4 is 12.1 Å². The molecule has 6 nitrogen and oxygen atoms in total. The van der Waals surface area contributed by atoms with Crippen LogP contribution in [0.25, 0.3) is 0 Å². The van der Waals surface area contributed by atoms with Gasteiger partial charge in [-0.2, -0.15) is 0 Å². The predicted molar refractivity (Wildman–Crippen MR) is 59.6 cm³/mol. The van der Waals surface area contributed by atoms with Gasteiger partial charge in [0.25, 0.3) is 0 Å². The van der Waals surface area contributed by atoms with Gasteiger partial charge in [-0.05, 0) is 34.1 Å². The SMILES string of the molecule is CC(C)(C)OC(=O)N1CC[C@@](C)(O)[C@H]1C(=O)O. The first-order valence-electron chi connectivity index (χ1n) is 5.49. The molecule has 0 saturated carbocycles. The van der Waals surface area contributed by atoms with Crippen molar-refractivity contribution in [3.63, 3.8) is 0 Å². The van der Waals surface area contributed by atoms with Crippen LogP contribution in [0.2, 0.25) is 0 Å². The van der Waals surface area contributed by atoms with Gasteiger partial charge in [0.2, 0.25) is 0 Å². The van der Waals surface area contributed by atoms with Crippen molar-refractivity contribution in [2.24, 2.45) is 0 Å². The van der Waals surface area contributed by atoms with Crippen LogP contribution < -0.4 is 0 Å². The zero-order valence-corrected chi connectivity index (χ0v) is 10.6. The molecule has 1 fully saturated rings. The first-order chi connectivity index (χ1) is 7.54. The minimum Gasteiger partial charge on any atom is -0.480 e. The maximum Gasteiger partial charge on any atom is 0.411 e. The molecule has 1 amide bonds. The Labute approximate surface area is 100 Å². The van der Waals surface area contributed by atoms with E-state index in [2.05, 4.69) is 0 Å². The molecular formula is C11H19NO5. The number of carboxylic acid groups (broad SMARTS) is 1. The van der Waals surface area contributed by atoms with E-state index in [-0.39, 0.29) is 13.0 Å². The summed E-state index contributed by atoms with van der Waals surface area (Å²) in [6.07, 6.45) is -0.480. The fraction of sp³-hybridized carbons (Fsp3) is 0.818. The molecular weight excluding hydrogens is 226 g/mol. The van der Waals surface area contributed by atoms with E-state index in [0.717, 1.165) is 4.90 Å². The smallest absolute Gasteiger partial charge is 0.411 e. The summed E-state index contributed by atoms with van der Waals surface area (Å²) in [6.45, 7) is 6.70. The quantitative estimate of drug-likeness (QED) is 0.714. The van der Waals surface area contributed by atoms with Gasteiger partial charge in [0, 0.05) is 6.54 Å². The lowest BCUT2D eigenvalue weighted by molar-refractivity contribution is -0.148. The minimum absolute atomic E-state index is 0.179. The fourth-order valence-corrected chi connectivity index (χ4v) is 1.86. The molecule has 1 rings (SSSR count). The first-order valence-corrected chi connectivity index (χ1v) is 5.49. The lowest BCUT2D eigenvalue weighted by Gasteiger charge is -2.30. The van der Waals surface area contributed by atoms with Crippen molar-refractivity contribution in [3.05, 3.63) is 0 Å². The highest BCUT2D eigenvalue weighted by molar-refractivity contribution is 5.82. The third kappa shape index (κ3) is 3.09. The van der Waals surface area contributed by atoms with Gasteiger partial charge in [0.1, 0.15) is 5.60 Å². The number of likely N-dealkylation sites (tertiary alicyclic amines) is 1. The van der Waals surface area contributed by atoms with Crippen molar-refractivity contribution < 1.29 is 24.5 Å². The summed E-state index contributed by atoms with van der Waals surface area (Å²) in [5.41, 5.74) is -2.10. The summed E-state index contributed by atoms with van der Waals surface area (Å²) in [5, 5.41) is 19.0. The van der Waals surface area contributed by atoms with Gasteiger partial charge in [-0.1, -0.05) is 0 Å². The standard InChI is InChI=1S/C11H19NO5/c1-10(2,3)17-9(15)12-6-5-11(4,16)7(12)8(13)14/h7,16H,5-6H2,1-4H3,(H,13,14)/t7-,11-/m1/s1. The number of aliphatic carboxylic acids is 1. The molecule has 2 atom stereocenters. The van der Waals surface area contributed by atoms with Crippen LogP contribution in [-0.2, 0) is 9.53 Å². The monoisotopic (exact) mass is 245 g/mol. The summed E-state index contributed by atoms with van der Waals surface area (Å²) >= 11 is 0. The van der Waals surface area contributed by atoms with E-state index in [1.165, 1.54) is 6.92 Å². The zero-order chi connectivity index (χ0) is 13.4. The van der Waals surface area contributed by atoms with E-state index in [4.69, 9.17) is 9.84 Å². The molecule has 1 aliphatic rings. The average Bonchev–Trinajstić information content (AvgIpc) is 2.37. The number of amides is 1. The Morgan fingerprint density at radius 2 is 1.94 bits per heavy atom. The Balaban J connectivity index is 2.85.